The quantitative estimate of drug-likeness (QED) is 0.688. The van der Waals surface area contributed by atoms with Gasteiger partial charge in [-0.25, -0.2) is 0 Å². The van der Waals surface area contributed by atoms with Crippen molar-refractivity contribution in [2.45, 2.75) is 64.6 Å². The fraction of sp³-hybridized carbons (Fsp3) is 0.588. The highest BCUT2D eigenvalue weighted by Gasteiger charge is 2.28. The molecule has 3 N–H and O–H groups in total. The molecule has 0 aliphatic rings. The van der Waals surface area contributed by atoms with E-state index in [2.05, 4.69) is 5.32 Å². The van der Waals surface area contributed by atoms with Gasteiger partial charge in [-0.05, 0) is 25.8 Å². The second-order valence-corrected chi connectivity index (χ2v) is 5.71. The molecule has 1 atom stereocenters. The van der Waals surface area contributed by atoms with Gasteiger partial charge in [0, 0.05) is 11.3 Å². The molecule has 21 heavy (non-hydrogen) atoms. The lowest BCUT2D eigenvalue weighted by molar-refractivity contribution is -0.121. The van der Waals surface area contributed by atoms with Crippen LogP contribution in [0, 0.1) is 0 Å². The van der Waals surface area contributed by atoms with Crippen molar-refractivity contribution in [1.82, 2.24) is 0 Å². The van der Waals surface area contributed by atoms with Gasteiger partial charge >= 0.3 is 0 Å². The Bertz CT molecular complexity index is 451. The van der Waals surface area contributed by atoms with E-state index in [4.69, 9.17) is 0 Å². The molecule has 0 saturated carbocycles. The molecule has 1 amide bonds. The van der Waals surface area contributed by atoms with Gasteiger partial charge in [-0.3, -0.25) is 4.79 Å². The monoisotopic (exact) mass is 293 g/mol. The third-order valence-corrected chi connectivity index (χ3v) is 3.61. The summed E-state index contributed by atoms with van der Waals surface area (Å²) in [5, 5.41) is 23.1. The Morgan fingerprint density at radius 3 is 2.33 bits per heavy atom. The van der Waals surface area contributed by atoms with Gasteiger partial charge in [-0.15, -0.1) is 0 Å². The third-order valence-electron chi connectivity index (χ3n) is 3.61. The molecule has 4 nitrogen and oxygen atoms in total. The highest BCUT2D eigenvalue weighted by molar-refractivity contribution is 5.92. The molecular formula is C17H27NO3. The van der Waals surface area contributed by atoms with Gasteiger partial charge in [0.05, 0.1) is 18.1 Å². The minimum absolute atomic E-state index is 0.0861. The van der Waals surface area contributed by atoms with E-state index in [1.54, 1.807) is 19.1 Å². The zero-order valence-corrected chi connectivity index (χ0v) is 13.2. The largest absolute Gasteiger partial charge is 0.389 e. The van der Waals surface area contributed by atoms with Crippen LogP contribution in [0.1, 0.15) is 64.5 Å². The fourth-order valence-electron chi connectivity index (χ4n) is 2.70. The number of hydrogen-bond donors (Lipinski definition) is 3. The molecule has 118 valence electrons. The molecule has 1 unspecified atom stereocenters. The van der Waals surface area contributed by atoms with Gasteiger partial charge in [-0.1, -0.05) is 44.9 Å². The van der Waals surface area contributed by atoms with E-state index in [1.165, 1.54) is 0 Å². The lowest BCUT2D eigenvalue weighted by atomic mass is 9.89. The number of para-hydroxylation sites is 1. The maximum absolute atomic E-state index is 12.2. The van der Waals surface area contributed by atoms with Crippen molar-refractivity contribution < 1.29 is 15.0 Å². The van der Waals surface area contributed by atoms with Gasteiger partial charge in [0.15, 0.2) is 0 Å². The van der Waals surface area contributed by atoms with Crippen LogP contribution >= 0.6 is 0 Å². The Labute approximate surface area is 127 Å². The summed E-state index contributed by atoms with van der Waals surface area (Å²) in [7, 11) is 0. The Morgan fingerprint density at radius 1 is 1.24 bits per heavy atom. The lowest BCUT2D eigenvalue weighted by Crippen LogP contribution is -2.34. The average molecular weight is 293 g/mol. The molecule has 4 heteroatoms. The molecule has 0 spiro atoms. The fourth-order valence-corrected chi connectivity index (χ4v) is 2.70. The molecule has 1 aromatic carbocycles. The minimum Gasteiger partial charge on any atom is -0.389 e. The summed E-state index contributed by atoms with van der Waals surface area (Å²) in [6.07, 6.45) is 2.36. The van der Waals surface area contributed by atoms with Crippen LogP contribution in [0.25, 0.3) is 0 Å². The molecule has 0 bridgehead atoms. The van der Waals surface area contributed by atoms with Crippen molar-refractivity contribution in [2.75, 3.05) is 5.32 Å². The molecule has 1 rings (SSSR count). The number of aliphatic hydroxyl groups is 2. The Morgan fingerprint density at radius 2 is 1.81 bits per heavy atom. The molecule has 0 aliphatic carbocycles. The van der Waals surface area contributed by atoms with Crippen LogP contribution in [-0.2, 0) is 4.79 Å². The van der Waals surface area contributed by atoms with Crippen LogP contribution in [-0.4, -0.2) is 21.7 Å². The highest BCUT2D eigenvalue weighted by atomic mass is 16.3. The Kier molecular flexibility index (Phi) is 6.85. The number of nitrogens with one attached hydrogen (secondary N) is 1. The molecule has 0 aliphatic heterocycles. The van der Waals surface area contributed by atoms with Gasteiger partial charge in [-0.2, -0.15) is 0 Å². The lowest BCUT2D eigenvalue weighted by Gasteiger charge is -2.27. The molecule has 1 aromatic rings. The first-order chi connectivity index (χ1) is 9.91. The first kappa shape index (κ1) is 17.7. The summed E-state index contributed by atoms with van der Waals surface area (Å²) in [6, 6.07) is 7.18. The Balaban J connectivity index is 2.77. The Hall–Kier alpha value is -1.39. The van der Waals surface area contributed by atoms with Gasteiger partial charge < -0.3 is 15.5 Å². The van der Waals surface area contributed by atoms with E-state index < -0.39 is 11.7 Å². The number of rotatable bonds is 8. The maximum Gasteiger partial charge on any atom is 0.227 e. The standard InChI is InChI=1S/C17H27NO3/c1-4-10-17(21,11-5-2)12-16(20)18-15-9-7-6-8-14(15)13(3)19/h6-9,13,19,21H,4-5,10-12H2,1-3H3,(H,18,20). The summed E-state index contributed by atoms with van der Waals surface area (Å²) in [5.74, 6) is -0.215. The van der Waals surface area contributed by atoms with Crippen molar-refractivity contribution in [3.05, 3.63) is 29.8 Å². The molecular weight excluding hydrogens is 266 g/mol. The number of carbonyl (C=O) groups is 1. The molecule has 0 radical (unpaired) electrons. The van der Waals surface area contributed by atoms with Gasteiger partial charge in [0.25, 0.3) is 0 Å². The van der Waals surface area contributed by atoms with E-state index in [9.17, 15) is 15.0 Å². The average Bonchev–Trinajstić information content (AvgIpc) is 2.38. The number of anilines is 1. The number of carbonyl (C=O) groups excluding carboxylic acids is 1. The number of hydrogen-bond acceptors (Lipinski definition) is 3. The van der Waals surface area contributed by atoms with Crippen LogP contribution in [0.3, 0.4) is 0 Å². The number of amides is 1. The molecule has 0 heterocycles. The van der Waals surface area contributed by atoms with Crippen LogP contribution < -0.4 is 5.32 Å². The van der Waals surface area contributed by atoms with Crippen molar-refractivity contribution >= 4 is 11.6 Å². The molecule has 0 aromatic heterocycles. The van der Waals surface area contributed by atoms with E-state index in [1.807, 2.05) is 26.0 Å². The number of benzene rings is 1. The summed E-state index contributed by atoms with van der Waals surface area (Å²) in [5.41, 5.74) is 0.348. The molecule has 0 fully saturated rings. The second-order valence-electron chi connectivity index (χ2n) is 5.71. The zero-order valence-electron chi connectivity index (χ0n) is 13.2. The van der Waals surface area contributed by atoms with E-state index in [0.717, 1.165) is 12.8 Å². The SMILES string of the molecule is CCCC(O)(CCC)CC(=O)Nc1ccccc1C(C)O. The smallest absolute Gasteiger partial charge is 0.227 e. The van der Waals surface area contributed by atoms with E-state index in [0.29, 0.717) is 24.1 Å². The van der Waals surface area contributed by atoms with Crippen molar-refractivity contribution in [3.8, 4) is 0 Å². The topological polar surface area (TPSA) is 69.6 Å². The first-order valence-electron chi connectivity index (χ1n) is 7.71. The van der Waals surface area contributed by atoms with Crippen molar-refractivity contribution in [1.29, 1.82) is 0 Å². The third kappa shape index (κ3) is 5.48. The first-order valence-corrected chi connectivity index (χ1v) is 7.71. The van der Waals surface area contributed by atoms with Crippen molar-refractivity contribution in [2.24, 2.45) is 0 Å². The summed E-state index contributed by atoms with van der Waals surface area (Å²) < 4.78 is 0. The van der Waals surface area contributed by atoms with E-state index in [-0.39, 0.29) is 12.3 Å². The number of aliphatic hydroxyl groups excluding tert-OH is 1. The van der Waals surface area contributed by atoms with Crippen LogP contribution in [0.5, 0.6) is 0 Å². The van der Waals surface area contributed by atoms with E-state index >= 15 is 0 Å². The summed E-state index contributed by atoms with van der Waals surface area (Å²) >= 11 is 0. The van der Waals surface area contributed by atoms with Crippen LogP contribution in [0.15, 0.2) is 24.3 Å². The van der Waals surface area contributed by atoms with Crippen LogP contribution in [0.2, 0.25) is 0 Å². The summed E-state index contributed by atoms with van der Waals surface area (Å²) in [6.45, 7) is 5.66. The zero-order chi connectivity index (χ0) is 15.9. The van der Waals surface area contributed by atoms with Gasteiger partial charge in [0.2, 0.25) is 5.91 Å². The predicted molar refractivity (Wildman–Crippen MR) is 85.1 cm³/mol. The molecule has 0 saturated heterocycles. The predicted octanol–water partition coefficient (Wildman–Crippen LogP) is 3.40. The van der Waals surface area contributed by atoms with Gasteiger partial charge in [0.1, 0.15) is 0 Å². The highest BCUT2D eigenvalue weighted by Crippen LogP contribution is 2.26. The minimum atomic E-state index is -0.937. The van der Waals surface area contributed by atoms with Crippen molar-refractivity contribution in [3.63, 3.8) is 0 Å². The summed E-state index contributed by atoms with van der Waals surface area (Å²) in [4.78, 5) is 12.2. The normalized spacial score (nSPS) is 13.0. The van der Waals surface area contributed by atoms with Crippen LogP contribution in [0.4, 0.5) is 5.69 Å². The second kappa shape index (κ2) is 8.15. The maximum atomic E-state index is 12.2.